The molecular formula is C14H14FN3O2. The summed E-state index contributed by atoms with van der Waals surface area (Å²) in [5.74, 6) is -0.732. The summed E-state index contributed by atoms with van der Waals surface area (Å²) in [5.41, 5.74) is 0.917. The Morgan fingerprint density at radius 3 is 2.80 bits per heavy atom. The van der Waals surface area contributed by atoms with Crippen LogP contribution in [-0.4, -0.2) is 29.4 Å². The number of nitrogens with zero attached hydrogens (tertiary/aromatic N) is 2. The molecule has 1 aromatic carbocycles. The summed E-state index contributed by atoms with van der Waals surface area (Å²) in [6, 6.07) is 9.40. The van der Waals surface area contributed by atoms with Crippen molar-refractivity contribution in [1.29, 1.82) is 0 Å². The minimum absolute atomic E-state index is 0.00795. The predicted molar refractivity (Wildman–Crippen MR) is 72.2 cm³/mol. The highest BCUT2D eigenvalue weighted by atomic mass is 19.1. The lowest BCUT2D eigenvalue weighted by Crippen LogP contribution is -2.17. The fraction of sp³-hybridized carbons (Fsp3) is 0.214. The largest absolute Gasteiger partial charge is 0.467 e. The third kappa shape index (κ3) is 3.74. The number of rotatable bonds is 6. The first-order chi connectivity index (χ1) is 9.69. The van der Waals surface area contributed by atoms with Gasteiger partial charge in [0.1, 0.15) is 0 Å². The van der Waals surface area contributed by atoms with Crippen molar-refractivity contribution in [3.8, 4) is 6.01 Å². The second-order valence-electron chi connectivity index (χ2n) is 4.11. The first-order valence-corrected chi connectivity index (χ1v) is 6.05. The molecule has 104 valence electrons. The number of Topliss-reactive ketones (excluding diaryl/α,β-unsaturated/α-hetero) is 1. The second-order valence-corrected chi connectivity index (χ2v) is 4.11. The van der Waals surface area contributed by atoms with Crippen molar-refractivity contribution < 1.29 is 13.9 Å². The molecule has 0 unspecified atom stereocenters. The standard InChI is InChI=1S/C14H14FN3O2/c1-20-14-17-9-12(15)13(18-14)16-8-11(19)7-10-5-3-2-4-6-10/h2-6,9H,7-8H2,1H3,(H,16,17,18). The predicted octanol–water partition coefficient (Wildman–Crippen LogP) is 1.85. The number of ketones is 1. The molecule has 1 heterocycles. The molecule has 0 aliphatic heterocycles. The molecule has 2 rings (SSSR count). The molecular weight excluding hydrogens is 261 g/mol. The molecule has 0 aliphatic rings. The Labute approximate surface area is 115 Å². The van der Waals surface area contributed by atoms with Crippen molar-refractivity contribution >= 4 is 11.6 Å². The summed E-state index contributed by atoms with van der Waals surface area (Å²) < 4.78 is 18.2. The number of carbonyl (C=O) groups excluding carboxylic acids is 1. The molecule has 0 amide bonds. The van der Waals surface area contributed by atoms with E-state index >= 15 is 0 Å². The minimum Gasteiger partial charge on any atom is -0.467 e. The highest BCUT2D eigenvalue weighted by Crippen LogP contribution is 2.12. The SMILES string of the molecule is COc1ncc(F)c(NCC(=O)Cc2ccccc2)n1. The van der Waals surface area contributed by atoms with Gasteiger partial charge in [-0.05, 0) is 5.56 Å². The smallest absolute Gasteiger partial charge is 0.318 e. The van der Waals surface area contributed by atoms with E-state index in [4.69, 9.17) is 4.74 Å². The summed E-state index contributed by atoms with van der Waals surface area (Å²) in [5, 5.41) is 2.65. The van der Waals surface area contributed by atoms with Gasteiger partial charge in [0.05, 0.1) is 19.9 Å². The topological polar surface area (TPSA) is 64.1 Å². The van der Waals surface area contributed by atoms with Crippen LogP contribution in [0.5, 0.6) is 6.01 Å². The minimum atomic E-state index is -0.627. The molecule has 0 radical (unpaired) electrons. The van der Waals surface area contributed by atoms with Crippen molar-refractivity contribution in [2.75, 3.05) is 19.0 Å². The Hall–Kier alpha value is -2.50. The van der Waals surface area contributed by atoms with Gasteiger partial charge in [0, 0.05) is 6.42 Å². The second kappa shape index (κ2) is 6.60. The molecule has 0 saturated carbocycles. The summed E-state index contributed by atoms with van der Waals surface area (Å²) >= 11 is 0. The molecule has 5 nitrogen and oxygen atoms in total. The van der Waals surface area contributed by atoms with Gasteiger partial charge < -0.3 is 10.1 Å². The molecule has 0 atom stereocenters. The van der Waals surface area contributed by atoms with Crippen LogP contribution < -0.4 is 10.1 Å². The average Bonchev–Trinajstić information content (AvgIpc) is 2.47. The lowest BCUT2D eigenvalue weighted by Gasteiger charge is -2.07. The van der Waals surface area contributed by atoms with E-state index in [0.717, 1.165) is 11.8 Å². The summed E-state index contributed by atoms with van der Waals surface area (Å²) in [6.45, 7) is -0.00795. The maximum absolute atomic E-state index is 13.4. The van der Waals surface area contributed by atoms with E-state index in [1.807, 2.05) is 30.3 Å². The molecule has 0 aliphatic carbocycles. The van der Waals surface area contributed by atoms with Crippen LogP contribution >= 0.6 is 0 Å². The van der Waals surface area contributed by atoms with Crippen molar-refractivity contribution in [3.63, 3.8) is 0 Å². The zero-order valence-electron chi connectivity index (χ0n) is 11.0. The van der Waals surface area contributed by atoms with Gasteiger partial charge in [-0.3, -0.25) is 4.79 Å². The number of carbonyl (C=O) groups is 1. The highest BCUT2D eigenvalue weighted by Gasteiger charge is 2.09. The molecule has 1 N–H and O–H groups in total. The third-order valence-electron chi connectivity index (χ3n) is 2.60. The fourth-order valence-corrected chi connectivity index (χ4v) is 1.64. The monoisotopic (exact) mass is 275 g/mol. The highest BCUT2D eigenvalue weighted by molar-refractivity contribution is 5.84. The zero-order valence-corrected chi connectivity index (χ0v) is 11.0. The number of hydrogen-bond donors (Lipinski definition) is 1. The van der Waals surface area contributed by atoms with Crippen LogP contribution in [-0.2, 0) is 11.2 Å². The number of methoxy groups -OCH3 is 1. The summed E-state index contributed by atoms with van der Waals surface area (Å²) in [4.78, 5) is 19.2. The van der Waals surface area contributed by atoms with Crippen LogP contribution in [0.4, 0.5) is 10.2 Å². The van der Waals surface area contributed by atoms with Crippen LogP contribution in [0.1, 0.15) is 5.56 Å². The Balaban J connectivity index is 1.93. The van der Waals surface area contributed by atoms with Crippen LogP contribution in [0.2, 0.25) is 0 Å². The molecule has 2 aromatic rings. The van der Waals surface area contributed by atoms with Gasteiger partial charge in [0.15, 0.2) is 17.4 Å². The molecule has 1 aromatic heterocycles. The Kier molecular flexibility index (Phi) is 4.60. The van der Waals surface area contributed by atoms with Crippen LogP contribution in [0, 0.1) is 5.82 Å². The van der Waals surface area contributed by atoms with Gasteiger partial charge in [-0.2, -0.15) is 4.98 Å². The maximum Gasteiger partial charge on any atom is 0.318 e. The van der Waals surface area contributed by atoms with E-state index < -0.39 is 5.82 Å². The summed E-state index contributed by atoms with van der Waals surface area (Å²) in [7, 11) is 1.39. The van der Waals surface area contributed by atoms with E-state index in [0.29, 0.717) is 0 Å². The van der Waals surface area contributed by atoms with E-state index in [1.54, 1.807) is 0 Å². The average molecular weight is 275 g/mol. The van der Waals surface area contributed by atoms with Gasteiger partial charge in [-0.25, -0.2) is 9.37 Å². The first kappa shape index (κ1) is 13.9. The Morgan fingerprint density at radius 2 is 2.10 bits per heavy atom. The molecule has 0 saturated heterocycles. The summed E-state index contributed by atoms with van der Waals surface area (Å²) in [6.07, 6.45) is 1.29. The van der Waals surface area contributed by atoms with E-state index in [2.05, 4.69) is 15.3 Å². The van der Waals surface area contributed by atoms with Crippen LogP contribution in [0.3, 0.4) is 0 Å². The number of halogens is 1. The molecule has 0 spiro atoms. The van der Waals surface area contributed by atoms with Crippen molar-refractivity contribution in [2.24, 2.45) is 0 Å². The van der Waals surface area contributed by atoms with E-state index in [1.165, 1.54) is 7.11 Å². The van der Waals surface area contributed by atoms with Crippen LogP contribution in [0.15, 0.2) is 36.5 Å². The molecule has 6 heteroatoms. The Bertz CT molecular complexity index is 590. The van der Waals surface area contributed by atoms with Gasteiger partial charge in [0.25, 0.3) is 0 Å². The van der Waals surface area contributed by atoms with Crippen LogP contribution in [0.25, 0.3) is 0 Å². The normalized spacial score (nSPS) is 10.1. The van der Waals surface area contributed by atoms with Gasteiger partial charge >= 0.3 is 6.01 Å². The number of nitrogens with one attached hydrogen (secondary N) is 1. The Morgan fingerprint density at radius 1 is 1.35 bits per heavy atom. The molecule has 0 fully saturated rings. The van der Waals surface area contributed by atoms with E-state index in [9.17, 15) is 9.18 Å². The molecule has 0 bridgehead atoms. The number of anilines is 1. The number of hydrogen-bond acceptors (Lipinski definition) is 5. The number of aromatic nitrogens is 2. The van der Waals surface area contributed by atoms with Gasteiger partial charge in [-0.1, -0.05) is 30.3 Å². The molecule has 20 heavy (non-hydrogen) atoms. The lowest BCUT2D eigenvalue weighted by atomic mass is 10.1. The van der Waals surface area contributed by atoms with Crippen molar-refractivity contribution in [1.82, 2.24) is 9.97 Å². The van der Waals surface area contributed by atoms with Crippen molar-refractivity contribution in [3.05, 3.63) is 47.9 Å². The van der Waals surface area contributed by atoms with Crippen molar-refractivity contribution in [2.45, 2.75) is 6.42 Å². The zero-order chi connectivity index (χ0) is 14.4. The first-order valence-electron chi connectivity index (χ1n) is 6.05. The number of ether oxygens (including phenoxy) is 1. The third-order valence-corrected chi connectivity index (χ3v) is 2.60. The van der Waals surface area contributed by atoms with Gasteiger partial charge in [-0.15, -0.1) is 0 Å². The maximum atomic E-state index is 13.4. The van der Waals surface area contributed by atoms with E-state index in [-0.39, 0.29) is 30.6 Å². The number of benzene rings is 1. The fourth-order valence-electron chi connectivity index (χ4n) is 1.64. The lowest BCUT2D eigenvalue weighted by molar-refractivity contribution is -0.116. The quantitative estimate of drug-likeness (QED) is 0.871. The van der Waals surface area contributed by atoms with Gasteiger partial charge in [0.2, 0.25) is 0 Å².